The van der Waals surface area contributed by atoms with Crippen LogP contribution in [0.5, 0.6) is 11.5 Å². The van der Waals surface area contributed by atoms with Gasteiger partial charge < -0.3 is 10.2 Å². The number of hydrogen-bond acceptors (Lipinski definition) is 2. The highest BCUT2D eigenvalue weighted by Gasteiger charge is 2.24. The van der Waals surface area contributed by atoms with Crippen LogP contribution < -0.4 is 0 Å². The van der Waals surface area contributed by atoms with Crippen molar-refractivity contribution < 1.29 is 10.2 Å². The van der Waals surface area contributed by atoms with Crippen LogP contribution in [0.25, 0.3) is 6.08 Å². The summed E-state index contributed by atoms with van der Waals surface area (Å²) < 4.78 is 0. The minimum Gasteiger partial charge on any atom is -0.508 e. The molecule has 0 radical (unpaired) electrons. The average Bonchev–Trinajstić information content (AvgIpc) is 2.47. The minimum atomic E-state index is -0.219. The Morgan fingerprint density at radius 2 is 1.57 bits per heavy atom. The molecule has 0 unspecified atom stereocenters. The molecule has 110 valence electrons. The van der Waals surface area contributed by atoms with Crippen LogP contribution in [0.15, 0.2) is 43.0 Å². The molecule has 0 aliphatic rings. The van der Waals surface area contributed by atoms with Gasteiger partial charge in [-0.2, -0.15) is 0 Å². The molecule has 0 aromatic heterocycles. The van der Waals surface area contributed by atoms with Gasteiger partial charge in [0.2, 0.25) is 0 Å². The topological polar surface area (TPSA) is 40.5 Å². The lowest BCUT2D eigenvalue weighted by atomic mass is 9.77. The van der Waals surface area contributed by atoms with E-state index in [-0.39, 0.29) is 11.2 Å². The van der Waals surface area contributed by atoms with Gasteiger partial charge in [-0.15, -0.1) is 0 Å². The molecule has 0 saturated carbocycles. The average molecular weight is 282 g/mol. The van der Waals surface area contributed by atoms with Gasteiger partial charge in [0.25, 0.3) is 0 Å². The molecule has 0 aliphatic heterocycles. The van der Waals surface area contributed by atoms with E-state index in [1.165, 1.54) is 0 Å². The Bertz CT molecular complexity index is 669. The molecule has 0 heterocycles. The number of phenolic OH excluding ortho intramolecular Hbond substituents is 2. The Morgan fingerprint density at radius 3 is 2.14 bits per heavy atom. The smallest absolute Gasteiger partial charge is 0.122 e. The van der Waals surface area contributed by atoms with Crippen molar-refractivity contribution in [3.05, 3.63) is 65.2 Å². The Hall–Kier alpha value is -2.22. The molecule has 0 spiro atoms. The number of phenols is 2. The summed E-state index contributed by atoms with van der Waals surface area (Å²) in [6.45, 7) is 10.0. The van der Waals surface area contributed by atoms with Crippen LogP contribution in [0, 0.1) is 0 Å². The molecule has 2 rings (SSSR count). The fraction of sp³-hybridized carbons (Fsp3) is 0.263. The highest BCUT2D eigenvalue weighted by molar-refractivity contribution is 5.58. The molecular formula is C19H22O2. The molecular weight excluding hydrogens is 260 g/mol. The molecule has 21 heavy (non-hydrogen) atoms. The van der Waals surface area contributed by atoms with Gasteiger partial charge in [-0.1, -0.05) is 51.6 Å². The predicted octanol–water partition coefficient (Wildman–Crippen LogP) is 4.63. The number of aromatic hydroxyl groups is 2. The number of benzene rings is 2. The maximum atomic E-state index is 9.84. The van der Waals surface area contributed by atoms with E-state index in [1.54, 1.807) is 18.2 Å². The zero-order valence-electron chi connectivity index (χ0n) is 12.9. The van der Waals surface area contributed by atoms with Crippen molar-refractivity contribution in [2.75, 3.05) is 0 Å². The monoisotopic (exact) mass is 282 g/mol. The summed E-state index contributed by atoms with van der Waals surface area (Å²) in [6.07, 6.45) is 2.45. The van der Waals surface area contributed by atoms with Crippen LogP contribution >= 0.6 is 0 Å². The molecule has 0 amide bonds. The van der Waals surface area contributed by atoms with E-state index >= 15 is 0 Å². The van der Waals surface area contributed by atoms with Crippen LogP contribution in [0.3, 0.4) is 0 Å². The summed E-state index contributed by atoms with van der Waals surface area (Å²) in [4.78, 5) is 0. The lowest BCUT2D eigenvalue weighted by Gasteiger charge is -2.27. The molecule has 2 nitrogen and oxygen atoms in total. The Labute approximate surface area is 126 Å². The molecule has 0 aliphatic carbocycles. The summed E-state index contributed by atoms with van der Waals surface area (Å²) in [6, 6.07) is 11.4. The number of rotatable bonds is 4. The van der Waals surface area contributed by atoms with Gasteiger partial charge in [0.05, 0.1) is 0 Å². The largest absolute Gasteiger partial charge is 0.508 e. The van der Waals surface area contributed by atoms with Crippen molar-refractivity contribution >= 4 is 6.08 Å². The van der Waals surface area contributed by atoms with Gasteiger partial charge in [0.1, 0.15) is 11.5 Å². The lowest BCUT2D eigenvalue weighted by molar-refractivity contribution is 0.467. The predicted molar refractivity (Wildman–Crippen MR) is 87.8 cm³/mol. The summed E-state index contributed by atoms with van der Waals surface area (Å²) >= 11 is 0. The molecule has 0 bridgehead atoms. The SMILES string of the molecule is C=Cc1cc(C(C)(C)c2ccc(O)c(CC)c2)ccc1O. The van der Waals surface area contributed by atoms with Crippen LogP contribution in [-0.2, 0) is 11.8 Å². The van der Waals surface area contributed by atoms with Crippen molar-refractivity contribution in [3.8, 4) is 11.5 Å². The van der Waals surface area contributed by atoms with Crippen molar-refractivity contribution in [1.82, 2.24) is 0 Å². The van der Waals surface area contributed by atoms with Gasteiger partial charge in [0, 0.05) is 11.0 Å². The van der Waals surface area contributed by atoms with Crippen molar-refractivity contribution in [2.45, 2.75) is 32.6 Å². The number of aryl methyl sites for hydroxylation is 1. The Balaban J connectivity index is 2.53. The zero-order valence-corrected chi connectivity index (χ0v) is 12.9. The minimum absolute atomic E-state index is 0.219. The van der Waals surface area contributed by atoms with E-state index in [9.17, 15) is 10.2 Å². The Morgan fingerprint density at radius 1 is 1.00 bits per heavy atom. The fourth-order valence-electron chi connectivity index (χ4n) is 2.53. The first-order chi connectivity index (χ1) is 9.90. The van der Waals surface area contributed by atoms with Gasteiger partial charge in [-0.05, 0) is 41.3 Å². The van der Waals surface area contributed by atoms with Crippen molar-refractivity contribution in [1.29, 1.82) is 0 Å². The quantitative estimate of drug-likeness (QED) is 0.858. The zero-order chi connectivity index (χ0) is 15.6. The van der Waals surface area contributed by atoms with E-state index in [0.717, 1.165) is 28.7 Å². The molecule has 0 atom stereocenters. The van der Waals surface area contributed by atoms with Gasteiger partial charge >= 0.3 is 0 Å². The highest BCUT2D eigenvalue weighted by atomic mass is 16.3. The summed E-state index contributed by atoms with van der Waals surface area (Å²) in [5.41, 5.74) is 3.70. The second-order valence-corrected chi connectivity index (χ2v) is 5.80. The molecule has 0 saturated heterocycles. The lowest BCUT2D eigenvalue weighted by Crippen LogP contribution is -2.19. The van der Waals surface area contributed by atoms with E-state index in [2.05, 4.69) is 26.5 Å². The fourth-order valence-corrected chi connectivity index (χ4v) is 2.53. The molecule has 2 heteroatoms. The van der Waals surface area contributed by atoms with Crippen molar-refractivity contribution in [2.24, 2.45) is 0 Å². The van der Waals surface area contributed by atoms with E-state index in [1.807, 2.05) is 25.1 Å². The normalized spacial score (nSPS) is 11.4. The van der Waals surface area contributed by atoms with Gasteiger partial charge in [-0.25, -0.2) is 0 Å². The van der Waals surface area contributed by atoms with Crippen LogP contribution in [0.2, 0.25) is 0 Å². The first-order valence-electron chi connectivity index (χ1n) is 7.18. The molecule has 2 aromatic rings. The van der Waals surface area contributed by atoms with Crippen LogP contribution in [0.4, 0.5) is 0 Å². The molecule has 2 aromatic carbocycles. The van der Waals surface area contributed by atoms with E-state index < -0.39 is 0 Å². The summed E-state index contributed by atoms with van der Waals surface area (Å²) in [7, 11) is 0. The van der Waals surface area contributed by atoms with Crippen LogP contribution in [0.1, 0.15) is 43.0 Å². The Kier molecular flexibility index (Phi) is 4.08. The number of hydrogen-bond donors (Lipinski definition) is 2. The second-order valence-electron chi connectivity index (χ2n) is 5.80. The van der Waals surface area contributed by atoms with Gasteiger partial charge in [0.15, 0.2) is 0 Å². The summed E-state index contributed by atoms with van der Waals surface area (Å²) in [5.74, 6) is 0.582. The first-order valence-corrected chi connectivity index (χ1v) is 7.18. The van der Waals surface area contributed by atoms with Crippen molar-refractivity contribution in [3.63, 3.8) is 0 Å². The van der Waals surface area contributed by atoms with Crippen LogP contribution in [-0.4, -0.2) is 10.2 Å². The first kappa shape index (κ1) is 15.2. The van der Waals surface area contributed by atoms with E-state index in [0.29, 0.717) is 5.75 Å². The molecule has 2 N–H and O–H groups in total. The standard InChI is InChI=1S/C19H22O2/c1-5-13-11-15(7-9-17(13)20)19(3,4)16-8-10-18(21)14(6-2)12-16/h5,7-12,20-21H,1,6H2,2-4H3. The third kappa shape index (κ3) is 2.80. The third-order valence-corrected chi connectivity index (χ3v) is 4.15. The van der Waals surface area contributed by atoms with E-state index in [4.69, 9.17) is 0 Å². The maximum Gasteiger partial charge on any atom is 0.122 e. The summed E-state index contributed by atoms with van der Waals surface area (Å²) in [5, 5.41) is 19.6. The second kappa shape index (κ2) is 5.65. The third-order valence-electron chi connectivity index (χ3n) is 4.15. The van der Waals surface area contributed by atoms with Gasteiger partial charge in [-0.3, -0.25) is 0 Å². The highest BCUT2D eigenvalue weighted by Crippen LogP contribution is 2.36. The maximum absolute atomic E-state index is 9.84. The molecule has 0 fully saturated rings.